The van der Waals surface area contributed by atoms with E-state index in [0.29, 0.717) is 22.6 Å². The number of anilines is 1. The summed E-state index contributed by atoms with van der Waals surface area (Å²) in [5.41, 5.74) is 1.07. The van der Waals surface area contributed by atoms with Crippen LogP contribution < -0.4 is 14.4 Å². The number of nitrogens with zero attached hydrogens (tertiary/aromatic N) is 5. The molecule has 1 fully saturated rings. The van der Waals surface area contributed by atoms with Gasteiger partial charge in [0.05, 0.1) is 6.04 Å². The van der Waals surface area contributed by atoms with E-state index >= 15 is 0 Å². The molecule has 4 rings (SSSR count). The predicted octanol–water partition coefficient (Wildman–Crippen LogP) is 3.78. The Morgan fingerprint density at radius 1 is 1.14 bits per heavy atom. The van der Waals surface area contributed by atoms with Gasteiger partial charge in [-0.05, 0) is 51.2 Å². The molecule has 188 valence electrons. The van der Waals surface area contributed by atoms with Gasteiger partial charge in [-0.3, -0.25) is 4.57 Å². The number of halogens is 2. The Bertz CT molecular complexity index is 1290. The normalized spacial score (nSPS) is 15.9. The highest BCUT2D eigenvalue weighted by molar-refractivity contribution is 9.10. The second-order valence-electron chi connectivity index (χ2n) is 8.39. The van der Waals surface area contributed by atoms with Crippen LogP contribution in [0, 0.1) is 5.82 Å². The first kappa shape index (κ1) is 25.5. The van der Waals surface area contributed by atoms with Crippen molar-refractivity contribution in [3.05, 3.63) is 58.6 Å². The van der Waals surface area contributed by atoms with Crippen LogP contribution in [0.4, 0.5) is 10.1 Å². The SMILES string of the molecule is CCn1c(Oc2cccc(N3CCN(C)CC3)c2)nnc1[C@@H](C)NS(=O)(=O)c1ccc(Br)cc1F. The molecule has 0 aliphatic carbocycles. The Morgan fingerprint density at radius 2 is 1.89 bits per heavy atom. The Kier molecular flexibility index (Phi) is 7.74. The zero-order valence-electron chi connectivity index (χ0n) is 19.8. The van der Waals surface area contributed by atoms with Crippen molar-refractivity contribution in [1.82, 2.24) is 24.4 Å². The van der Waals surface area contributed by atoms with E-state index in [0.717, 1.165) is 37.9 Å². The zero-order valence-corrected chi connectivity index (χ0v) is 22.2. The maximum absolute atomic E-state index is 14.3. The molecule has 0 bridgehead atoms. The molecule has 1 aliphatic heterocycles. The number of nitrogens with one attached hydrogen (secondary N) is 1. The lowest BCUT2D eigenvalue weighted by atomic mass is 10.2. The number of benzene rings is 2. The summed E-state index contributed by atoms with van der Waals surface area (Å²) >= 11 is 3.13. The number of hydrogen-bond donors (Lipinski definition) is 1. The largest absolute Gasteiger partial charge is 0.424 e. The van der Waals surface area contributed by atoms with Crippen molar-refractivity contribution in [2.24, 2.45) is 0 Å². The molecule has 2 heterocycles. The Labute approximate surface area is 213 Å². The van der Waals surface area contributed by atoms with E-state index in [1.165, 1.54) is 12.1 Å². The standard InChI is InChI=1S/C23H28BrFN6O3S/c1-4-31-22(16(2)28-35(32,33)21-9-8-17(24)14-20(21)25)26-27-23(31)34-19-7-5-6-18(15-19)30-12-10-29(3)11-13-30/h5-9,14-16,28H,4,10-13H2,1-3H3/t16-/m1/s1. The van der Waals surface area contributed by atoms with Crippen molar-refractivity contribution in [3.63, 3.8) is 0 Å². The van der Waals surface area contributed by atoms with E-state index in [-0.39, 0.29) is 6.01 Å². The van der Waals surface area contributed by atoms with Crippen LogP contribution in [0.15, 0.2) is 51.8 Å². The smallest absolute Gasteiger partial charge is 0.322 e. The number of rotatable bonds is 8. The van der Waals surface area contributed by atoms with E-state index in [1.807, 2.05) is 31.2 Å². The number of sulfonamides is 1. The minimum atomic E-state index is -4.13. The lowest BCUT2D eigenvalue weighted by Crippen LogP contribution is -2.44. The summed E-state index contributed by atoms with van der Waals surface area (Å²) in [6, 6.07) is 11.0. The number of piperazine rings is 1. The Balaban J connectivity index is 1.52. The molecular weight excluding hydrogens is 539 g/mol. The second kappa shape index (κ2) is 10.6. The molecule has 35 heavy (non-hydrogen) atoms. The van der Waals surface area contributed by atoms with E-state index in [4.69, 9.17) is 4.74 Å². The van der Waals surface area contributed by atoms with Crippen molar-refractivity contribution in [2.45, 2.75) is 31.3 Å². The molecule has 0 radical (unpaired) electrons. The third kappa shape index (κ3) is 5.83. The molecule has 0 amide bonds. The minimum Gasteiger partial charge on any atom is -0.424 e. The zero-order chi connectivity index (χ0) is 25.2. The maximum Gasteiger partial charge on any atom is 0.322 e. The molecule has 9 nitrogen and oxygen atoms in total. The number of hydrogen-bond acceptors (Lipinski definition) is 7. The second-order valence-corrected chi connectivity index (χ2v) is 11.0. The van der Waals surface area contributed by atoms with Crippen molar-refractivity contribution >= 4 is 31.6 Å². The molecule has 0 spiro atoms. The summed E-state index contributed by atoms with van der Waals surface area (Å²) in [4.78, 5) is 4.16. The highest BCUT2D eigenvalue weighted by atomic mass is 79.9. The van der Waals surface area contributed by atoms with Gasteiger partial charge >= 0.3 is 6.01 Å². The predicted molar refractivity (Wildman–Crippen MR) is 135 cm³/mol. The molecule has 1 atom stereocenters. The van der Waals surface area contributed by atoms with Gasteiger partial charge in [0.15, 0.2) is 5.82 Å². The van der Waals surface area contributed by atoms with Crippen molar-refractivity contribution in [2.75, 3.05) is 38.1 Å². The van der Waals surface area contributed by atoms with Gasteiger partial charge in [-0.1, -0.05) is 27.1 Å². The average molecular weight is 567 g/mol. The first-order chi connectivity index (χ1) is 16.7. The van der Waals surface area contributed by atoms with Gasteiger partial charge in [0, 0.05) is 49.0 Å². The van der Waals surface area contributed by atoms with Gasteiger partial charge < -0.3 is 14.5 Å². The summed E-state index contributed by atoms with van der Waals surface area (Å²) < 4.78 is 50.5. The Morgan fingerprint density at radius 3 is 2.57 bits per heavy atom. The van der Waals surface area contributed by atoms with Crippen molar-refractivity contribution in [1.29, 1.82) is 0 Å². The van der Waals surface area contributed by atoms with Gasteiger partial charge in [0.2, 0.25) is 10.0 Å². The lowest BCUT2D eigenvalue weighted by Gasteiger charge is -2.34. The highest BCUT2D eigenvalue weighted by Crippen LogP contribution is 2.28. The van der Waals surface area contributed by atoms with E-state index in [9.17, 15) is 12.8 Å². The van der Waals surface area contributed by atoms with Crippen LogP contribution in [0.1, 0.15) is 25.7 Å². The van der Waals surface area contributed by atoms with Crippen LogP contribution in [-0.2, 0) is 16.6 Å². The average Bonchev–Trinajstić information content (AvgIpc) is 3.22. The van der Waals surface area contributed by atoms with Crippen molar-refractivity contribution in [3.8, 4) is 11.8 Å². The summed E-state index contributed by atoms with van der Waals surface area (Å²) in [7, 11) is -2.01. The quantitative estimate of drug-likeness (QED) is 0.443. The van der Waals surface area contributed by atoms with Crippen LogP contribution in [-0.4, -0.2) is 61.3 Å². The molecular formula is C23H28BrFN6O3S. The van der Waals surface area contributed by atoms with Crippen molar-refractivity contribution < 1.29 is 17.5 Å². The summed E-state index contributed by atoms with van der Waals surface area (Å²) in [6.07, 6.45) is 0. The summed E-state index contributed by atoms with van der Waals surface area (Å²) in [5, 5.41) is 8.30. The molecule has 0 unspecified atom stereocenters. The molecule has 1 saturated heterocycles. The fourth-order valence-electron chi connectivity index (χ4n) is 3.95. The van der Waals surface area contributed by atoms with Gasteiger partial charge in [-0.25, -0.2) is 17.5 Å². The molecule has 0 saturated carbocycles. The first-order valence-corrected chi connectivity index (χ1v) is 13.6. The number of ether oxygens (including phenoxy) is 1. The van der Waals surface area contributed by atoms with E-state index < -0.39 is 26.8 Å². The molecule has 1 aliphatic rings. The van der Waals surface area contributed by atoms with Crippen LogP contribution in [0.3, 0.4) is 0 Å². The third-order valence-electron chi connectivity index (χ3n) is 5.86. The minimum absolute atomic E-state index is 0.249. The Hall–Kier alpha value is -2.54. The molecule has 2 aromatic carbocycles. The van der Waals surface area contributed by atoms with Crippen LogP contribution in [0.5, 0.6) is 11.8 Å². The lowest BCUT2D eigenvalue weighted by molar-refractivity contribution is 0.312. The van der Waals surface area contributed by atoms with Gasteiger partial charge in [0.1, 0.15) is 16.5 Å². The molecule has 1 N–H and O–H groups in total. The fraction of sp³-hybridized carbons (Fsp3) is 0.391. The molecule has 3 aromatic rings. The third-order valence-corrected chi connectivity index (χ3v) is 7.93. The van der Waals surface area contributed by atoms with Gasteiger partial charge in [0.25, 0.3) is 0 Å². The van der Waals surface area contributed by atoms with E-state index in [2.05, 4.69) is 47.7 Å². The summed E-state index contributed by atoms with van der Waals surface area (Å²) in [6.45, 7) is 7.83. The van der Waals surface area contributed by atoms with Gasteiger partial charge in [-0.15, -0.1) is 5.10 Å². The number of aromatic nitrogens is 3. The van der Waals surface area contributed by atoms with Crippen LogP contribution >= 0.6 is 15.9 Å². The van der Waals surface area contributed by atoms with E-state index in [1.54, 1.807) is 11.5 Å². The first-order valence-electron chi connectivity index (χ1n) is 11.3. The topological polar surface area (TPSA) is 92.6 Å². The van der Waals surface area contributed by atoms with Crippen LogP contribution in [0.2, 0.25) is 0 Å². The summed E-state index contributed by atoms with van der Waals surface area (Å²) in [5.74, 6) is 0.124. The van der Waals surface area contributed by atoms with Gasteiger partial charge in [-0.2, -0.15) is 0 Å². The highest BCUT2D eigenvalue weighted by Gasteiger charge is 2.26. The van der Waals surface area contributed by atoms with Crippen LogP contribution in [0.25, 0.3) is 0 Å². The molecule has 1 aromatic heterocycles. The monoisotopic (exact) mass is 566 g/mol. The maximum atomic E-state index is 14.3. The molecule has 12 heteroatoms. The fourth-order valence-corrected chi connectivity index (χ4v) is 5.54. The number of likely N-dealkylation sites (N-methyl/N-ethyl adjacent to an activating group) is 1.